The van der Waals surface area contributed by atoms with Crippen LogP contribution in [0.5, 0.6) is 0 Å². The van der Waals surface area contributed by atoms with Crippen LogP contribution in [0.3, 0.4) is 0 Å². The Bertz CT molecular complexity index is 552. The maximum Gasteiger partial charge on any atom is 0.193 e. The van der Waals surface area contributed by atoms with Crippen LogP contribution in [0.4, 0.5) is 0 Å². The van der Waals surface area contributed by atoms with E-state index in [2.05, 4.69) is 26.3 Å². The van der Waals surface area contributed by atoms with E-state index in [4.69, 9.17) is 0 Å². The molecule has 5 heteroatoms. The highest BCUT2D eigenvalue weighted by molar-refractivity contribution is 7.99. The average Bonchev–Trinajstić information content (AvgIpc) is 3.25. The largest absolute Gasteiger partial charge is 0.310 e. The maximum absolute atomic E-state index is 4.44. The molecule has 0 saturated heterocycles. The second-order valence-corrected chi connectivity index (χ2v) is 5.72. The van der Waals surface area contributed by atoms with Crippen LogP contribution in [0, 0.1) is 6.92 Å². The van der Waals surface area contributed by atoms with Gasteiger partial charge in [0.2, 0.25) is 0 Å². The minimum absolute atomic E-state index is 0.702. The molecule has 1 aliphatic carbocycles. The highest BCUT2D eigenvalue weighted by atomic mass is 32.2. The first-order valence-corrected chi connectivity index (χ1v) is 7.27. The molecule has 1 fully saturated rings. The van der Waals surface area contributed by atoms with Crippen molar-refractivity contribution in [3.05, 3.63) is 41.9 Å². The first kappa shape index (κ1) is 12.6. The molecule has 0 spiro atoms. The lowest BCUT2D eigenvalue weighted by atomic mass is 10.3. The second kappa shape index (κ2) is 5.67. The van der Waals surface area contributed by atoms with Gasteiger partial charge in [0.05, 0.1) is 0 Å². The van der Waals surface area contributed by atoms with E-state index in [9.17, 15) is 0 Å². The molecule has 0 amide bonds. The molecule has 98 valence electrons. The van der Waals surface area contributed by atoms with Crippen LogP contribution in [0.1, 0.15) is 24.0 Å². The van der Waals surface area contributed by atoms with Crippen molar-refractivity contribution in [2.45, 2.75) is 42.5 Å². The maximum atomic E-state index is 4.44. The number of nitrogens with zero attached hydrogens (tertiary/aromatic N) is 3. The summed E-state index contributed by atoms with van der Waals surface area (Å²) in [5, 5.41) is 5.25. The lowest BCUT2D eigenvalue weighted by Gasteiger charge is -2.07. The minimum Gasteiger partial charge on any atom is -0.310 e. The molecule has 4 nitrogen and oxygen atoms in total. The van der Waals surface area contributed by atoms with Crippen molar-refractivity contribution in [1.82, 2.24) is 20.3 Å². The zero-order valence-corrected chi connectivity index (χ0v) is 11.7. The topological polar surface area (TPSA) is 50.7 Å². The van der Waals surface area contributed by atoms with Gasteiger partial charge in [0.15, 0.2) is 5.16 Å². The molecule has 0 aliphatic heterocycles. The Morgan fingerprint density at radius 3 is 2.79 bits per heavy atom. The smallest absolute Gasteiger partial charge is 0.193 e. The zero-order valence-electron chi connectivity index (χ0n) is 10.8. The Morgan fingerprint density at radius 1 is 1.26 bits per heavy atom. The van der Waals surface area contributed by atoms with E-state index in [0.717, 1.165) is 22.3 Å². The Labute approximate surface area is 117 Å². The summed E-state index contributed by atoms with van der Waals surface area (Å²) in [5.41, 5.74) is 2.28. The summed E-state index contributed by atoms with van der Waals surface area (Å²) in [6.07, 6.45) is 8.07. The molecule has 2 aromatic heterocycles. The SMILES string of the molecule is Cc1cnc(Sc2ncccc2CNC2CC2)nc1. The van der Waals surface area contributed by atoms with Gasteiger partial charge in [-0.05, 0) is 48.7 Å². The van der Waals surface area contributed by atoms with Gasteiger partial charge in [-0.1, -0.05) is 6.07 Å². The molecule has 19 heavy (non-hydrogen) atoms. The third-order valence-corrected chi connectivity index (χ3v) is 3.91. The van der Waals surface area contributed by atoms with Gasteiger partial charge in [-0.15, -0.1) is 0 Å². The van der Waals surface area contributed by atoms with Crippen LogP contribution >= 0.6 is 11.8 Å². The summed E-state index contributed by atoms with van der Waals surface area (Å²) < 4.78 is 0. The van der Waals surface area contributed by atoms with Crippen molar-refractivity contribution in [3.8, 4) is 0 Å². The van der Waals surface area contributed by atoms with Crippen LogP contribution in [-0.4, -0.2) is 21.0 Å². The third-order valence-electron chi connectivity index (χ3n) is 2.95. The first-order valence-electron chi connectivity index (χ1n) is 6.45. The molecule has 0 radical (unpaired) electrons. The van der Waals surface area contributed by atoms with Gasteiger partial charge < -0.3 is 5.32 Å². The van der Waals surface area contributed by atoms with Gasteiger partial charge in [0, 0.05) is 31.2 Å². The van der Waals surface area contributed by atoms with E-state index < -0.39 is 0 Å². The van der Waals surface area contributed by atoms with Gasteiger partial charge in [0.1, 0.15) is 5.03 Å². The highest BCUT2D eigenvalue weighted by Gasteiger charge is 2.20. The summed E-state index contributed by atoms with van der Waals surface area (Å²) in [6, 6.07) is 4.79. The number of aryl methyl sites for hydroxylation is 1. The van der Waals surface area contributed by atoms with E-state index in [1.165, 1.54) is 30.2 Å². The number of rotatable bonds is 5. The standard InChI is InChI=1S/C14H16N4S/c1-10-7-17-14(18-8-10)19-13-11(3-2-6-15-13)9-16-12-4-5-12/h2-3,6-8,12,16H,4-5,9H2,1H3. The normalized spacial score (nSPS) is 14.6. The van der Waals surface area contributed by atoms with E-state index in [1.54, 1.807) is 0 Å². The number of pyridine rings is 1. The molecule has 0 unspecified atom stereocenters. The molecule has 1 N–H and O–H groups in total. The van der Waals surface area contributed by atoms with Gasteiger partial charge >= 0.3 is 0 Å². The van der Waals surface area contributed by atoms with E-state index in [0.29, 0.717) is 6.04 Å². The third kappa shape index (κ3) is 3.52. The molecule has 0 bridgehead atoms. The summed E-state index contributed by atoms with van der Waals surface area (Å²) in [7, 11) is 0. The Kier molecular flexibility index (Phi) is 3.75. The lowest BCUT2D eigenvalue weighted by Crippen LogP contribution is -2.16. The summed E-state index contributed by atoms with van der Waals surface area (Å²) >= 11 is 1.52. The molecular formula is C14H16N4S. The number of hydrogen-bond acceptors (Lipinski definition) is 5. The number of aromatic nitrogens is 3. The molecule has 0 atom stereocenters. The van der Waals surface area contributed by atoms with Crippen molar-refractivity contribution >= 4 is 11.8 Å². The van der Waals surface area contributed by atoms with Crippen LogP contribution < -0.4 is 5.32 Å². The quantitative estimate of drug-likeness (QED) is 0.848. The Morgan fingerprint density at radius 2 is 2.05 bits per heavy atom. The lowest BCUT2D eigenvalue weighted by molar-refractivity contribution is 0.675. The van der Waals surface area contributed by atoms with E-state index >= 15 is 0 Å². The zero-order chi connectivity index (χ0) is 13.1. The molecule has 1 aliphatic rings. The fraction of sp³-hybridized carbons (Fsp3) is 0.357. The predicted octanol–water partition coefficient (Wildman–Crippen LogP) is 2.58. The van der Waals surface area contributed by atoms with E-state index in [-0.39, 0.29) is 0 Å². The Balaban J connectivity index is 1.73. The molecule has 3 rings (SSSR count). The predicted molar refractivity (Wildman–Crippen MR) is 75.0 cm³/mol. The second-order valence-electron chi connectivity index (χ2n) is 4.77. The number of nitrogens with one attached hydrogen (secondary N) is 1. The van der Waals surface area contributed by atoms with Crippen LogP contribution in [0.25, 0.3) is 0 Å². The van der Waals surface area contributed by atoms with Crippen molar-refractivity contribution < 1.29 is 0 Å². The van der Waals surface area contributed by atoms with Gasteiger partial charge in [-0.25, -0.2) is 15.0 Å². The molecule has 2 heterocycles. The summed E-state index contributed by atoms with van der Waals surface area (Å²) in [6.45, 7) is 2.85. The molecule has 1 saturated carbocycles. The molecule has 2 aromatic rings. The fourth-order valence-electron chi connectivity index (χ4n) is 1.71. The van der Waals surface area contributed by atoms with Crippen LogP contribution in [0.2, 0.25) is 0 Å². The van der Waals surface area contributed by atoms with Crippen molar-refractivity contribution in [2.24, 2.45) is 0 Å². The monoisotopic (exact) mass is 272 g/mol. The van der Waals surface area contributed by atoms with Crippen molar-refractivity contribution in [2.75, 3.05) is 0 Å². The van der Waals surface area contributed by atoms with Gasteiger partial charge in [0.25, 0.3) is 0 Å². The van der Waals surface area contributed by atoms with Crippen LogP contribution in [0.15, 0.2) is 40.9 Å². The average molecular weight is 272 g/mol. The number of hydrogen-bond donors (Lipinski definition) is 1. The fourth-order valence-corrected chi connectivity index (χ4v) is 2.48. The Hall–Kier alpha value is -1.46. The van der Waals surface area contributed by atoms with Gasteiger partial charge in [-0.2, -0.15) is 0 Å². The summed E-state index contributed by atoms with van der Waals surface area (Å²) in [4.78, 5) is 13.1. The first-order chi connectivity index (χ1) is 9.31. The summed E-state index contributed by atoms with van der Waals surface area (Å²) in [5.74, 6) is 0. The minimum atomic E-state index is 0.702. The van der Waals surface area contributed by atoms with Crippen molar-refractivity contribution in [3.63, 3.8) is 0 Å². The van der Waals surface area contributed by atoms with Gasteiger partial charge in [-0.3, -0.25) is 0 Å². The highest BCUT2D eigenvalue weighted by Crippen LogP contribution is 2.26. The van der Waals surface area contributed by atoms with E-state index in [1.807, 2.05) is 31.6 Å². The molecule has 0 aromatic carbocycles. The molecular weight excluding hydrogens is 256 g/mol. The van der Waals surface area contributed by atoms with Crippen LogP contribution in [-0.2, 0) is 6.54 Å². The van der Waals surface area contributed by atoms with Crippen molar-refractivity contribution in [1.29, 1.82) is 0 Å².